The van der Waals surface area contributed by atoms with E-state index in [0.717, 1.165) is 12.1 Å². The second kappa shape index (κ2) is 4.10. The quantitative estimate of drug-likeness (QED) is 0.838. The molecule has 80 valence electrons. The smallest absolute Gasteiger partial charge is 0.0838 e. The van der Waals surface area contributed by atoms with E-state index < -0.39 is 0 Å². The molecule has 0 bridgehead atoms. The van der Waals surface area contributed by atoms with Crippen LogP contribution in [0.25, 0.3) is 0 Å². The van der Waals surface area contributed by atoms with Crippen LogP contribution in [-0.2, 0) is 0 Å². The predicted molar refractivity (Wildman–Crippen MR) is 67.8 cm³/mol. The summed E-state index contributed by atoms with van der Waals surface area (Å²) in [5.41, 5.74) is 5.57. The third kappa shape index (κ3) is 1.74. The van der Waals surface area contributed by atoms with Crippen molar-refractivity contribution in [2.45, 2.75) is 12.5 Å². The fraction of sp³-hybridized carbons (Fsp3) is 0.154. The summed E-state index contributed by atoms with van der Waals surface area (Å²) in [6.07, 6.45) is 0.977. The minimum atomic E-state index is 0.357. The van der Waals surface area contributed by atoms with E-state index in [0.29, 0.717) is 6.04 Å². The molecule has 0 aliphatic carbocycles. The molecule has 1 aromatic heterocycles. The molecular formula is C13H12N2S. The van der Waals surface area contributed by atoms with Crippen LogP contribution in [-0.4, -0.2) is 5.71 Å². The number of hydrogen-bond donors (Lipinski definition) is 1. The molecule has 2 nitrogen and oxygen atoms in total. The molecule has 3 rings (SSSR count). The van der Waals surface area contributed by atoms with Gasteiger partial charge in [0.25, 0.3) is 0 Å². The Morgan fingerprint density at radius 2 is 2.00 bits per heavy atom. The first-order valence-corrected chi connectivity index (χ1v) is 6.22. The monoisotopic (exact) mass is 228 g/mol. The van der Waals surface area contributed by atoms with Gasteiger partial charge in [0.2, 0.25) is 0 Å². The first-order chi connectivity index (χ1) is 7.93. The fourth-order valence-electron chi connectivity index (χ4n) is 1.91. The van der Waals surface area contributed by atoms with Gasteiger partial charge >= 0.3 is 0 Å². The van der Waals surface area contributed by atoms with Crippen LogP contribution < -0.4 is 5.43 Å². The van der Waals surface area contributed by atoms with Crippen molar-refractivity contribution in [3.63, 3.8) is 0 Å². The lowest BCUT2D eigenvalue weighted by Gasteiger charge is -2.05. The van der Waals surface area contributed by atoms with Crippen LogP contribution in [0, 0.1) is 0 Å². The first kappa shape index (κ1) is 9.60. The van der Waals surface area contributed by atoms with Gasteiger partial charge in [0.15, 0.2) is 0 Å². The number of nitrogens with zero attached hydrogens (tertiary/aromatic N) is 1. The summed E-state index contributed by atoms with van der Waals surface area (Å²) in [5.74, 6) is 0. The summed E-state index contributed by atoms with van der Waals surface area (Å²) < 4.78 is 0. The zero-order valence-electron chi connectivity index (χ0n) is 8.76. The molecular weight excluding hydrogens is 216 g/mol. The van der Waals surface area contributed by atoms with Gasteiger partial charge < -0.3 is 5.43 Å². The lowest BCUT2D eigenvalue weighted by Crippen LogP contribution is -2.07. The molecule has 1 atom stereocenters. The molecule has 0 amide bonds. The highest BCUT2D eigenvalue weighted by molar-refractivity contribution is 7.10. The maximum atomic E-state index is 4.42. The second-order valence-electron chi connectivity index (χ2n) is 3.83. The molecule has 1 aliphatic rings. The molecule has 2 aromatic rings. The Labute approximate surface area is 98.6 Å². The Morgan fingerprint density at radius 3 is 2.75 bits per heavy atom. The molecule has 2 heterocycles. The summed E-state index contributed by atoms with van der Waals surface area (Å²) in [7, 11) is 0. The Balaban J connectivity index is 1.78. The molecule has 1 aliphatic heterocycles. The summed E-state index contributed by atoms with van der Waals surface area (Å²) in [4.78, 5) is 1.36. The highest BCUT2D eigenvalue weighted by Crippen LogP contribution is 2.27. The Morgan fingerprint density at radius 1 is 1.12 bits per heavy atom. The number of thiophene rings is 1. The molecule has 1 N–H and O–H groups in total. The summed E-state index contributed by atoms with van der Waals surface area (Å²) in [6.45, 7) is 0. The van der Waals surface area contributed by atoms with E-state index in [1.165, 1.54) is 10.4 Å². The number of hydrogen-bond acceptors (Lipinski definition) is 3. The van der Waals surface area contributed by atoms with Crippen LogP contribution in [0.5, 0.6) is 0 Å². The van der Waals surface area contributed by atoms with E-state index in [9.17, 15) is 0 Å². The van der Waals surface area contributed by atoms with Crippen LogP contribution in [0.1, 0.15) is 22.9 Å². The highest BCUT2D eigenvalue weighted by Gasteiger charge is 2.21. The zero-order chi connectivity index (χ0) is 10.8. The van der Waals surface area contributed by atoms with Crippen molar-refractivity contribution in [2.24, 2.45) is 5.10 Å². The maximum absolute atomic E-state index is 4.42. The van der Waals surface area contributed by atoms with Gasteiger partial charge in [0.05, 0.1) is 11.8 Å². The van der Waals surface area contributed by atoms with Crippen molar-refractivity contribution in [1.82, 2.24) is 5.43 Å². The van der Waals surface area contributed by atoms with Crippen molar-refractivity contribution in [3.8, 4) is 0 Å². The van der Waals surface area contributed by atoms with E-state index in [-0.39, 0.29) is 0 Å². The number of rotatable bonds is 2. The molecule has 0 fully saturated rings. The molecule has 3 heteroatoms. The maximum Gasteiger partial charge on any atom is 0.0838 e. The van der Waals surface area contributed by atoms with E-state index in [4.69, 9.17) is 0 Å². The van der Waals surface area contributed by atoms with E-state index >= 15 is 0 Å². The largest absolute Gasteiger partial charge is 0.301 e. The van der Waals surface area contributed by atoms with Crippen LogP contribution in [0.2, 0.25) is 0 Å². The minimum absolute atomic E-state index is 0.357. The molecule has 0 radical (unpaired) electrons. The van der Waals surface area contributed by atoms with Crippen LogP contribution in [0.15, 0.2) is 52.9 Å². The van der Waals surface area contributed by atoms with Gasteiger partial charge in [-0.1, -0.05) is 36.4 Å². The van der Waals surface area contributed by atoms with Crippen LogP contribution >= 0.6 is 11.3 Å². The topological polar surface area (TPSA) is 24.4 Å². The highest BCUT2D eigenvalue weighted by atomic mass is 32.1. The van der Waals surface area contributed by atoms with Gasteiger partial charge in [-0.3, -0.25) is 0 Å². The van der Waals surface area contributed by atoms with Crippen LogP contribution in [0.4, 0.5) is 0 Å². The molecule has 0 saturated heterocycles. The van der Waals surface area contributed by atoms with E-state index in [2.05, 4.69) is 52.3 Å². The number of nitrogens with one attached hydrogen (secondary N) is 1. The van der Waals surface area contributed by atoms with Gasteiger partial charge in [-0.2, -0.15) is 5.10 Å². The van der Waals surface area contributed by atoms with E-state index in [1.54, 1.807) is 11.3 Å². The van der Waals surface area contributed by atoms with Crippen molar-refractivity contribution >= 4 is 17.0 Å². The summed E-state index contributed by atoms with van der Waals surface area (Å²) in [5, 5.41) is 6.53. The summed E-state index contributed by atoms with van der Waals surface area (Å²) >= 11 is 1.78. The number of hydrazone groups is 1. The van der Waals surface area contributed by atoms with Gasteiger partial charge in [0.1, 0.15) is 0 Å². The molecule has 1 aromatic carbocycles. The number of benzene rings is 1. The fourth-order valence-corrected chi connectivity index (χ4v) is 2.68. The second-order valence-corrected chi connectivity index (χ2v) is 4.81. The Kier molecular flexibility index (Phi) is 2.46. The summed E-state index contributed by atoms with van der Waals surface area (Å²) in [6, 6.07) is 15.0. The molecule has 16 heavy (non-hydrogen) atoms. The third-order valence-corrected chi connectivity index (χ3v) is 3.73. The van der Waals surface area contributed by atoms with Crippen molar-refractivity contribution in [1.29, 1.82) is 0 Å². The van der Waals surface area contributed by atoms with Crippen LogP contribution in [0.3, 0.4) is 0 Å². The molecule has 0 saturated carbocycles. The minimum Gasteiger partial charge on any atom is -0.301 e. The first-order valence-electron chi connectivity index (χ1n) is 5.34. The average molecular weight is 228 g/mol. The average Bonchev–Trinajstić information content (AvgIpc) is 3.01. The zero-order valence-corrected chi connectivity index (χ0v) is 9.58. The van der Waals surface area contributed by atoms with Gasteiger partial charge in [-0.05, 0) is 17.0 Å². The standard InChI is InChI=1S/C13H12N2S/c1-2-5-10(6-3-1)11-9-12(15-14-11)13-7-4-8-16-13/h1-8,12,15H,9H2. The lowest BCUT2D eigenvalue weighted by atomic mass is 10.0. The predicted octanol–water partition coefficient (Wildman–Crippen LogP) is 3.19. The lowest BCUT2D eigenvalue weighted by molar-refractivity contribution is 0.630. The van der Waals surface area contributed by atoms with E-state index in [1.807, 2.05) is 6.07 Å². The molecule has 1 unspecified atom stereocenters. The van der Waals surface area contributed by atoms with Crippen molar-refractivity contribution < 1.29 is 0 Å². The normalized spacial score (nSPS) is 19.2. The van der Waals surface area contributed by atoms with Crippen molar-refractivity contribution in [2.75, 3.05) is 0 Å². The van der Waals surface area contributed by atoms with Gasteiger partial charge in [0, 0.05) is 11.3 Å². The van der Waals surface area contributed by atoms with Crippen molar-refractivity contribution in [3.05, 3.63) is 58.3 Å². The third-order valence-electron chi connectivity index (χ3n) is 2.75. The van der Waals surface area contributed by atoms with Gasteiger partial charge in [-0.15, -0.1) is 11.3 Å². The molecule has 0 spiro atoms. The Hall–Kier alpha value is -1.61. The van der Waals surface area contributed by atoms with Gasteiger partial charge in [-0.25, -0.2) is 0 Å². The SMILES string of the molecule is c1ccc(C2=NNC(c3cccs3)C2)cc1. The Bertz CT molecular complexity index is 488.